The van der Waals surface area contributed by atoms with Crippen LogP contribution in [0.3, 0.4) is 0 Å². The van der Waals surface area contributed by atoms with Crippen molar-refractivity contribution in [2.75, 3.05) is 34.5 Å². The average molecular weight is 466 g/mol. The lowest BCUT2D eigenvalue weighted by Gasteiger charge is -2.09. The van der Waals surface area contributed by atoms with Crippen molar-refractivity contribution in [3.8, 4) is 0 Å². The van der Waals surface area contributed by atoms with Crippen molar-refractivity contribution in [2.24, 2.45) is 0 Å². The number of halogens is 2. The number of carbonyl (C=O) groups is 2. The zero-order valence-corrected chi connectivity index (χ0v) is 16.5. The van der Waals surface area contributed by atoms with E-state index < -0.39 is 12.2 Å². The highest BCUT2D eigenvalue weighted by molar-refractivity contribution is 9.09. The minimum Gasteiger partial charge on any atom is -0.449 e. The highest BCUT2D eigenvalue weighted by Gasteiger charge is 2.06. The van der Waals surface area contributed by atoms with Gasteiger partial charge in [-0.15, -0.1) is 0 Å². The molecular formula is C16H22Br2N2O4. The van der Waals surface area contributed by atoms with Gasteiger partial charge in [-0.2, -0.15) is 0 Å². The number of ether oxygens (including phenoxy) is 2. The van der Waals surface area contributed by atoms with E-state index in [1.165, 1.54) is 0 Å². The predicted octanol–water partition coefficient (Wildman–Crippen LogP) is 5.13. The molecule has 0 bridgehead atoms. The lowest BCUT2D eigenvalue weighted by atomic mass is 10.3. The highest BCUT2D eigenvalue weighted by atomic mass is 79.9. The summed E-state index contributed by atoms with van der Waals surface area (Å²) in [4.78, 5) is 23.3. The quantitative estimate of drug-likeness (QED) is 0.370. The summed E-state index contributed by atoms with van der Waals surface area (Å²) in [5.41, 5.74) is 1.08. The topological polar surface area (TPSA) is 76.7 Å². The van der Waals surface area contributed by atoms with Gasteiger partial charge in [0.2, 0.25) is 0 Å². The Morgan fingerprint density at radius 3 is 1.71 bits per heavy atom. The first kappa shape index (κ1) is 20.8. The van der Waals surface area contributed by atoms with Crippen molar-refractivity contribution in [3.63, 3.8) is 0 Å². The van der Waals surface area contributed by atoms with Gasteiger partial charge >= 0.3 is 12.2 Å². The summed E-state index contributed by atoms with van der Waals surface area (Å²) in [6.45, 7) is 0.742. The normalized spacial score (nSPS) is 10.1. The number of anilines is 2. The lowest BCUT2D eigenvalue weighted by molar-refractivity contribution is 0.159. The van der Waals surface area contributed by atoms with Crippen molar-refractivity contribution < 1.29 is 19.1 Å². The van der Waals surface area contributed by atoms with Crippen molar-refractivity contribution in [3.05, 3.63) is 24.3 Å². The Hall–Kier alpha value is -1.28. The maximum atomic E-state index is 11.7. The molecule has 0 spiro atoms. The predicted molar refractivity (Wildman–Crippen MR) is 102 cm³/mol. The smallest absolute Gasteiger partial charge is 0.411 e. The van der Waals surface area contributed by atoms with Crippen LogP contribution in [0.15, 0.2) is 24.3 Å². The molecule has 1 rings (SSSR count). The number of rotatable bonds is 10. The van der Waals surface area contributed by atoms with Gasteiger partial charge in [0.25, 0.3) is 0 Å². The number of carbonyl (C=O) groups excluding carboxylic acids is 2. The van der Waals surface area contributed by atoms with E-state index in [0.717, 1.165) is 36.3 Å². The second-order valence-corrected chi connectivity index (χ2v) is 6.48. The van der Waals surface area contributed by atoms with Gasteiger partial charge in [0, 0.05) is 22.0 Å². The number of alkyl halides is 2. The van der Waals surface area contributed by atoms with E-state index >= 15 is 0 Å². The molecule has 2 amide bonds. The Bertz CT molecular complexity index is 473. The van der Waals surface area contributed by atoms with E-state index in [-0.39, 0.29) is 0 Å². The first-order chi connectivity index (χ1) is 11.7. The van der Waals surface area contributed by atoms with E-state index in [2.05, 4.69) is 42.5 Å². The summed E-state index contributed by atoms with van der Waals surface area (Å²) in [6, 6.07) is 6.79. The molecule has 134 valence electrons. The van der Waals surface area contributed by atoms with Gasteiger partial charge in [0.1, 0.15) is 0 Å². The van der Waals surface area contributed by atoms with Crippen LogP contribution in [0.25, 0.3) is 0 Å². The Morgan fingerprint density at radius 1 is 0.833 bits per heavy atom. The van der Waals surface area contributed by atoms with Crippen LogP contribution in [0.4, 0.5) is 21.0 Å². The number of hydrogen-bond acceptors (Lipinski definition) is 4. The Kier molecular flexibility index (Phi) is 11.3. The number of amides is 2. The summed E-state index contributed by atoms with van der Waals surface area (Å²) in [5, 5.41) is 7.02. The number of unbranched alkanes of at least 4 members (excludes halogenated alkanes) is 2. The molecule has 0 unspecified atom stereocenters. The molecule has 1 aromatic carbocycles. The van der Waals surface area contributed by atoms with Gasteiger partial charge < -0.3 is 9.47 Å². The summed E-state index contributed by atoms with van der Waals surface area (Å²) in [6.07, 6.45) is 2.48. The first-order valence-electron chi connectivity index (χ1n) is 7.75. The van der Waals surface area contributed by atoms with Crippen molar-refractivity contribution in [1.82, 2.24) is 0 Å². The molecule has 0 aliphatic rings. The number of hydrogen-bond donors (Lipinski definition) is 2. The molecule has 0 atom stereocenters. The van der Waals surface area contributed by atoms with Crippen LogP contribution in [0.1, 0.15) is 25.7 Å². The molecule has 6 nitrogen and oxygen atoms in total. The molecule has 0 heterocycles. The molecule has 0 saturated carbocycles. The van der Waals surface area contributed by atoms with Gasteiger partial charge in [-0.1, -0.05) is 37.9 Å². The van der Waals surface area contributed by atoms with E-state index in [1.807, 2.05) is 0 Å². The molecule has 8 heteroatoms. The summed E-state index contributed by atoms with van der Waals surface area (Å²) in [5.74, 6) is 0. The monoisotopic (exact) mass is 464 g/mol. The van der Waals surface area contributed by atoms with Crippen LogP contribution in [-0.4, -0.2) is 36.1 Å². The van der Waals surface area contributed by atoms with E-state index in [4.69, 9.17) is 9.47 Å². The fourth-order valence-electron chi connectivity index (χ4n) is 1.71. The standard InChI is InChI=1S/C16H22Br2N2O4/c17-8-1-3-10-23-15(21)19-13-6-5-7-14(12-13)20-16(22)24-11-4-2-9-18/h5-7,12H,1-4,8-11H2,(H,19,21)(H,20,22). The van der Waals surface area contributed by atoms with Crippen LogP contribution in [0, 0.1) is 0 Å². The molecule has 0 saturated heterocycles. The molecular weight excluding hydrogens is 444 g/mol. The Morgan fingerprint density at radius 2 is 1.29 bits per heavy atom. The van der Waals surface area contributed by atoms with Crippen LogP contribution in [-0.2, 0) is 9.47 Å². The van der Waals surface area contributed by atoms with Crippen molar-refractivity contribution in [2.45, 2.75) is 25.7 Å². The molecule has 24 heavy (non-hydrogen) atoms. The molecule has 0 aliphatic carbocycles. The van der Waals surface area contributed by atoms with Gasteiger partial charge in [-0.05, 0) is 43.9 Å². The average Bonchev–Trinajstić information content (AvgIpc) is 2.56. The Labute approximate surface area is 158 Å². The van der Waals surface area contributed by atoms with Crippen molar-refractivity contribution in [1.29, 1.82) is 0 Å². The molecule has 0 aromatic heterocycles. The second-order valence-electron chi connectivity index (χ2n) is 4.89. The van der Waals surface area contributed by atoms with E-state index in [0.29, 0.717) is 24.6 Å². The van der Waals surface area contributed by atoms with E-state index in [1.54, 1.807) is 24.3 Å². The molecule has 0 aliphatic heterocycles. The van der Waals surface area contributed by atoms with Crippen LogP contribution in [0.5, 0.6) is 0 Å². The first-order valence-corrected chi connectivity index (χ1v) is 9.99. The van der Waals surface area contributed by atoms with Gasteiger partial charge in [-0.25, -0.2) is 9.59 Å². The third kappa shape index (κ3) is 9.77. The molecule has 0 radical (unpaired) electrons. The number of nitrogens with one attached hydrogen (secondary N) is 2. The lowest BCUT2D eigenvalue weighted by Crippen LogP contribution is -2.16. The maximum Gasteiger partial charge on any atom is 0.411 e. The minimum atomic E-state index is -0.515. The van der Waals surface area contributed by atoms with Crippen LogP contribution >= 0.6 is 31.9 Å². The van der Waals surface area contributed by atoms with Gasteiger partial charge in [0.15, 0.2) is 0 Å². The molecule has 1 aromatic rings. The Balaban J connectivity index is 2.37. The summed E-state index contributed by atoms with van der Waals surface area (Å²) < 4.78 is 10.1. The SMILES string of the molecule is O=C(Nc1cccc(NC(=O)OCCCCBr)c1)OCCCCBr. The number of benzene rings is 1. The minimum absolute atomic E-state index is 0.371. The van der Waals surface area contributed by atoms with Gasteiger partial charge in [-0.3, -0.25) is 10.6 Å². The third-order valence-corrected chi connectivity index (χ3v) is 4.00. The molecule has 0 fully saturated rings. The zero-order chi connectivity index (χ0) is 17.6. The van der Waals surface area contributed by atoms with E-state index in [9.17, 15) is 9.59 Å². The summed E-state index contributed by atoms with van der Waals surface area (Å²) >= 11 is 6.64. The largest absolute Gasteiger partial charge is 0.449 e. The zero-order valence-electron chi connectivity index (χ0n) is 13.4. The molecule has 2 N–H and O–H groups in total. The fourth-order valence-corrected chi connectivity index (χ4v) is 2.50. The van der Waals surface area contributed by atoms with Crippen LogP contribution < -0.4 is 10.6 Å². The third-order valence-electron chi connectivity index (χ3n) is 2.88. The fraction of sp³-hybridized carbons (Fsp3) is 0.500. The highest BCUT2D eigenvalue weighted by Crippen LogP contribution is 2.15. The van der Waals surface area contributed by atoms with Gasteiger partial charge in [0.05, 0.1) is 13.2 Å². The van der Waals surface area contributed by atoms with Crippen molar-refractivity contribution >= 4 is 55.4 Å². The summed E-state index contributed by atoms with van der Waals surface area (Å²) in [7, 11) is 0. The van der Waals surface area contributed by atoms with Crippen LogP contribution in [0.2, 0.25) is 0 Å². The second kappa shape index (κ2) is 13.1. The maximum absolute atomic E-state index is 11.7.